The van der Waals surface area contributed by atoms with Crippen molar-refractivity contribution in [2.24, 2.45) is 0 Å². The Bertz CT molecular complexity index is 1210. The lowest BCUT2D eigenvalue weighted by atomic mass is 10.2. The van der Waals surface area contributed by atoms with E-state index in [9.17, 15) is 4.79 Å². The summed E-state index contributed by atoms with van der Waals surface area (Å²) in [4.78, 5) is 14.0. The molecular weight excluding hydrogens is 384 g/mol. The second-order valence-corrected chi connectivity index (χ2v) is 7.79. The average molecular weight is 407 g/mol. The first-order valence-corrected chi connectivity index (χ1v) is 10.1. The molecule has 0 aliphatic carbocycles. The van der Waals surface area contributed by atoms with Crippen LogP contribution in [0.15, 0.2) is 64.6 Å². The molecule has 4 rings (SSSR count). The molecule has 2 N–H and O–H groups in total. The zero-order valence-corrected chi connectivity index (χ0v) is 17.4. The summed E-state index contributed by atoms with van der Waals surface area (Å²) in [5.41, 5.74) is 10.5. The number of anilines is 1. The number of nitrogens with zero attached hydrogens (tertiary/aromatic N) is 3. The van der Waals surface area contributed by atoms with Crippen molar-refractivity contribution in [3.05, 3.63) is 66.1 Å². The molecule has 0 atom stereocenters. The molecule has 0 aliphatic heterocycles. The largest absolute Gasteiger partial charge is 0.465 e. The van der Waals surface area contributed by atoms with Crippen LogP contribution >= 0.6 is 11.8 Å². The van der Waals surface area contributed by atoms with Gasteiger partial charge in [0.2, 0.25) is 0 Å². The quantitative estimate of drug-likeness (QED) is 0.385. The standard InChI is InChI=1S/C22H22N4O2S/c1-4-25-13-17(12-24-25)26-14(2)21(19-9-8-16(23)11-20(19)26)29-18-7-5-6-15(10-18)22(27)28-3/h5-13H,4,23H2,1-3H3. The first kappa shape index (κ1) is 19.1. The molecule has 6 nitrogen and oxygen atoms in total. The molecule has 2 aromatic heterocycles. The van der Waals surface area contributed by atoms with Gasteiger partial charge >= 0.3 is 5.97 Å². The lowest BCUT2D eigenvalue weighted by molar-refractivity contribution is 0.0600. The number of fused-ring (bicyclic) bond motifs is 1. The number of aromatic nitrogens is 3. The molecule has 2 aromatic carbocycles. The number of nitrogen functional groups attached to an aromatic ring is 1. The number of ether oxygens (including phenoxy) is 1. The zero-order chi connectivity index (χ0) is 20.5. The third-order valence-corrected chi connectivity index (χ3v) is 6.06. The smallest absolute Gasteiger partial charge is 0.337 e. The highest BCUT2D eigenvalue weighted by Crippen LogP contribution is 2.40. The number of rotatable bonds is 5. The van der Waals surface area contributed by atoms with Crippen LogP contribution in [0, 0.1) is 6.92 Å². The van der Waals surface area contributed by atoms with Gasteiger partial charge in [-0.3, -0.25) is 4.68 Å². The lowest BCUT2D eigenvalue weighted by Crippen LogP contribution is -2.00. The summed E-state index contributed by atoms with van der Waals surface area (Å²) in [5, 5.41) is 5.53. The van der Waals surface area contributed by atoms with Gasteiger partial charge < -0.3 is 15.0 Å². The number of methoxy groups -OCH3 is 1. The summed E-state index contributed by atoms with van der Waals surface area (Å²) in [6.07, 6.45) is 3.90. The third kappa shape index (κ3) is 3.49. The zero-order valence-electron chi connectivity index (χ0n) is 16.5. The van der Waals surface area contributed by atoms with Gasteiger partial charge in [0.1, 0.15) is 0 Å². The van der Waals surface area contributed by atoms with Crippen molar-refractivity contribution in [2.75, 3.05) is 12.8 Å². The number of carbonyl (C=O) groups is 1. The van der Waals surface area contributed by atoms with E-state index in [0.717, 1.165) is 38.6 Å². The number of hydrogen-bond donors (Lipinski definition) is 1. The monoisotopic (exact) mass is 406 g/mol. The van der Waals surface area contributed by atoms with Crippen LogP contribution in [-0.4, -0.2) is 27.4 Å². The number of aryl methyl sites for hydroxylation is 1. The molecule has 0 unspecified atom stereocenters. The summed E-state index contributed by atoms with van der Waals surface area (Å²) >= 11 is 1.62. The van der Waals surface area contributed by atoms with Crippen molar-refractivity contribution in [1.82, 2.24) is 14.3 Å². The minimum atomic E-state index is -0.341. The highest BCUT2D eigenvalue weighted by molar-refractivity contribution is 7.99. The SMILES string of the molecule is CCn1cc(-n2c(C)c(Sc3cccc(C(=O)OC)c3)c3ccc(N)cc32)cn1. The summed E-state index contributed by atoms with van der Waals surface area (Å²) in [6, 6.07) is 13.4. The number of hydrogen-bond acceptors (Lipinski definition) is 5. The molecule has 0 fully saturated rings. The first-order valence-electron chi connectivity index (χ1n) is 9.31. The van der Waals surface area contributed by atoms with E-state index < -0.39 is 0 Å². The maximum absolute atomic E-state index is 11.9. The fourth-order valence-electron chi connectivity index (χ4n) is 3.43. The fourth-order valence-corrected chi connectivity index (χ4v) is 4.52. The van der Waals surface area contributed by atoms with Crippen molar-refractivity contribution < 1.29 is 9.53 Å². The summed E-state index contributed by atoms with van der Waals surface area (Å²) in [5.74, 6) is -0.341. The first-order chi connectivity index (χ1) is 14.0. The number of esters is 1. The van der Waals surface area contributed by atoms with Gasteiger partial charge in [-0.2, -0.15) is 5.10 Å². The summed E-state index contributed by atoms with van der Waals surface area (Å²) < 4.78 is 8.93. The Morgan fingerprint density at radius 2 is 2.07 bits per heavy atom. The van der Waals surface area contributed by atoms with Crippen molar-refractivity contribution in [2.45, 2.75) is 30.2 Å². The molecule has 0 amide bonds. The van der Waals surface area contributed by atoms with Gasteiger partial charge in [0.15, 0.2) is 0 Å². The van der Waals surface area contributed by atoms with E-state index in [4.69, 9.17) is 10.5 Å². The van der Waals surface area contributed by atoms with E-state index in [2.05, 4.69) is 23.5 Å². The van der Waals surface area contributed by atoms with E-state index in [0.29, 0.717) is 11.3 Å². The van der Waals surface area contributed by atoms with Crippen LogP contribution in [-0.2, 0) is 11.3 Å². The van der Waals surface area contributed by atoms with Crippen LogP contribution in [0.3, 0.4) is 0 Å². The Kier molecular flexibility index (Phi) is 5.07. The molecule has 29 heavy (non-hydrogen) atoms. The van der Waals surface area contributed by atoms with Gasteiger partial charge in [-0.25, -0.2) is 4.79 Å². The van der Waals surface area contributed by atoms with Gasteiger partial charge in [0, 0.05) is 39.3 Å². The molecule has 0 bridgehead atoms. The molecule has 0 radical (unpaired) electrons. The van der Waals surface area contributed by atoms with E-state index in [1.54, 1.807) is 17.8 Å². The minimum absolute atomic E-state index is 0.341. The molecule has 2 heterocycles. The normalized spacial score (nSPS) is 11.1. The predicted molar refractivity (Wildman–Crippen MR) is 116 cm³/mol. The Labute approximate surface area is 173 Å². The summed E-state index contributed by atoms with van der Waals surface area (Å²) in [7, 11) is 1.39. The molecule has 0 spiro atoms. The molecule has 0 saturated heterocycles. The Morgan fingerprint density at radius 3 is 2.79 bits per heavy atom. The van der Waals surface area contributed by atoms with Gasteiger partial charge in [-0.05, 0) is 50.2 Å². The topological polar surface area (TPSA) is 75.1 Å². The highest BCUT2D eigenvalue weighted by Gasteiger charge is 2.18. The van der Waals surface area contributed by atoms with Crippen molar-refractivity contribution in [3.8, 4) is 5.69 Å². The summed E-state index contributed by atoms with van der Waals surface area (Å²) in [6.45, 7) is 4.96. The predicted octanol–water partition coefficient (Wildman–Crippen LogP) is 4.68. The van der Waals surface area contributed by atoms with Gasteiger partial charge in [0.25, 0.3) is 0 Å². The minimum Gasteiger partial charge on any atom is -0.465 e. The highest BCUT2D eigenvalue weighted by atomic mass is 32.2. The Hall–Kier alpha value is -3.19. The number of carbonyl (C=O) groups excluding carboxylic acids is 1. The Balaban J connectivity index is 1.85. The van der Waals surface area contributed by atoms with E-state index in [-0.39, 0.29) is 5.97 Å². The number of benzene rings is 2. The van der Waals surface area contributed by atoms with Crippen LogP contribution in [0.25, 0.3) is 16.6 Å². The van der Waals surface area contributed by atoms with Crippen molar-refractivity contribution in [1.29, 1.82) is 0 Å². The van der Waals surface area contributed by atoms with Crippen LogP contribution in [0.4, 0.5) is 5.69 Å². The van der Waals surface area contributed by atoms with E-state index >= 15 is 0 Å². The molecule has 0 aliphatic rings. The van der Waals surface area contributed by atoms with Gasteiger partial charge in [-0.1, -0.05) is 17.8 Å². The molecular formula is C22H22N4O2S. The molecule has 148 valence electrons. The van der Waals surface area contributed by atoms with Crippen LogP contribution < -0.4 is 5.73 Å². The lowest BCUT2D eigenvalue weighted by Gasteiger charge is -2.07. The van der Waals surface area contributed by atoms with E-state index in [1.165, 1.54) is 7.11 Å². The Morgan fingerprint density at radius 1 is 1.24 bits per heavy atom. The average Bonchev–Trinajstić information content (AvgIpc) is 3.30. The molecule has 7 heteroatoms. The fraction of sp³-hybridized carbons (Fsp3) is 0.182. The number of nitrogens with two attached hydrogens (primary N) is 1. The van der Waals surface area contributed by atoms with Gasteiger partial charge in [0.05, 0.1) is 30.1 Å². The second kappa shape index (κ2) is 7.67. The maximum atomic E-state index is 11.9. The van der Waals surface area contributed by atoms with E-state index in [1.807, 2.05) is 53.5 Å². The van der Waals surface area contributed by atoms with Crippen LogP contribution in [0.5, 0.6) is 0 Å². The van der Waals surface area contributed by atoms with Crippen LogP contribution in [0.1, 0.15) is 23.0 Å². The van der Waals surface area contributed by atoms with Crippen LogP contribution in [0.2, 0.25) is 0 Å². The van der Waals surface area contributed by atoms with Crippen molar-refractivity contribution in [3.63, 3.8) is 0 Å². The molecule has 4 aromatic rings. The van der Waals surface area contributed by atoms with Crippen molar-refractivity contribution >= 4 is 34.3 Å². The second-order valence-electron chi connectivity index (χ2n) is 6.70. The van der Waals surface area contributed by atoms with Gasteiger partial charge in [-0.15, -0.1) is 0 Å². The third-order valence-electron chi connectivity index (χ3n) is 4.85. The maximum Gasteiger partial charge on any atom is 0.337 e. The molecule has 0 saturated carbocycles.